The lowest BCUT2D eigenvalue weighted by atomic mass is 9.85. The van der Waals surface area contributed by atoms with Crippen LogP contribution in [0.4, 0.5) is 34.1 Å². The van der Waals surface area contributed by atoms with Gasteiger partial charge in [-0.25, -0.2) is 4.98 Å². The van der Waals surface area contributed by atoms with Crippen molar-refractivity contribution in [1.82, 2.24) is 9.55 Å². The van der Waals surface area contributed by atoms with Crippen LogP contribution in [0, 0.1) is 0 Å². The van der Waals surface area contributed by atoms with E-state index in [0.717, 1.165) is 73.4 Å². The number of rotatable bonds is 16. The first-order valence-electron chi connectivity index (χ1n) is 50.5. The maximum absolute atomic E-state index is 5.16. The molecule has 0 unspecified atom stereocenters. The molecule has 0 spiro atoms. The molecule has 0 aliphatic heterocycles. The Kier molecular flexibility index (Phi) is 23.0. The quantitative estimate of drug-likeness (QED) is 0.0712. The third-order valence-corrected chi connectivity index (χ3v) is 29.2. The molecule has 0 aliphatic carbocycles. The molecule has 147 heavy (non-hydrogen) atoms. The second-order valence-corrected chi connectivity index (χ2v) is 38.0. The van der Waals surface area contributed by atoms with E-state index in [-0.39, 0.29) is 0 Å². The van der Waals surface area contributed by atoms with Crippen LogP contribution in [0.5, 0.6) is 0 Å². The van der Waals surface area contributed by atoms with Gasteiger partial charge in [-0.1, -0.05) is 467 Å². The van der Waals surface area contributed by atoms with Gasteiger partial charge in [0.25, 0.3) is 0 Å². The van der Waals surface area contributed by atoms with Crippen molar-refractivity contribution in [3.05, 3.63) is 581 Å². The largest absolute Gasteiger partial charge is 0.310 e. The van der Waals surface area contributed by atoms with Crippen molar-refractivity contribution in [2.24, 2.45) is 0 Å². The number of anilines is 6. The van der Waals surface area contributed by atoms with Crippen LogP contribution in [0.2, 0.25) is 0 Å². The van der Waals surface area contributed by atoms with Crippen LogP contribution in [0.25, 0.3) is 226 Å². The minimum atomic E-state index is 0.937. The predicted octanol–water partition coefficient (Wildman–Crippen LogP) is 39.9. The van der Waals surface area contributed by atoms with E-state index < -0.39 is 0 Å². The zero-order valence-electron chi connectivity index (χ0n) is 80.7. The summed E-state index contributed by atoms with van der Waals surface area (Å²) in [6.07, 6.45) is 4.39. The molecule has 4 nitrogen and oxygen atoms in total. The van der Waals surface area contributed by atoms with E-state index in [2.05, 4.69) is 597 Å². The van der Waals surface area contributed by atoms with E-state index in [9.17, 15) is 0 Å². The Morgan fingerprint density at radius 3 is 0.741 bits per heavy atom. The molecule has 0 bridgehead atoms. The predicted molar refractivity (Wildman–Crippen MR) is 629 cm³/mol. The van der Waals surface area contributed by atoms with Crippen LogP contribution in [-0.4, -0.2) is 9.55 Å². The number of benzene rings is 27. The molecular weight excluding hydrogens is 1770 g/mol. The Bertz CT molecular complexity index is 9430. The SMILES string of the molecule is C(=C\c1ccc(N(c2ccc3ccccc3c2)c2ccc3ccccc3c2)cc1)/c1ccc(N(c2ccc3ccccc3c2)c2ccc3ccccc3c2)cc1.c1ccc(-c2ccc(-c3c4ccccc4c(-c4ccc5ccccc5c4)c4ccccc34)cc2)cc1.c1ccc2cc(-c3ccc(-c4c5ccccc5c(-c5ccc(-n6c(-c7ccc8ccccc8c7)nc7ccccc76)cc5)c5ccccc45)cc3)ccc2c1. The average molecular weight is 1870 g/mol. The number of fused-ring (bicyclic) bond motifs is 12. The molecule has 0 N–H and O–H groups in total. The summed E-state index contributed by atoms with van der Waals surface area (Å²) in [6.45, 7) is 0. The van der Waals surface area contributed by atoms with E-state index in [1.54, 1.807) is 0 Å². The molecule has 688 valence electrons. The molecule has 0 fully saturated rings. The zero-order chi connectivity index (χ0) is 97.5. The molecule has 27 aromatic carbocycles. The topological polar surface area (TPSA) is 24.3 Å². The lowest BCUT2D eigenvalue weighted by molar-refractivity contribution is 1.10. The first-order chi connectivity index (χ1) is 72.8. The standard InChI is InChI=1S/C54H38N2.C53H34N2.C36H24/c1-5-13-45-35-51(31-23-41(45)9-1)55(52-32-24-42-10-2-6-14-46(42)36-52)49-27-19-39(20-28-49)17-18-40-21-29-50(30-22-40)56(53-33-25-43-11-3-7-15-47(43)37-53)54-34-26-44-12-4-8-16-48(44)38-54;1-3-13-40-33-42(27-23-35(40)11-1)37-21-25-38(26-22-37)51-45-15-5-7-17-47(45)52(48-18-8-6-16-46(48)51)39-29-31-44(32-30-39)55-50-20-10-9-19-49(50)54-53(55)43-28-24-36-12-2-4-14-41(36)34-43;1-2-10-25(11-3-1)27-18-21-28(22-19-27)35-31-14-6-8-16-33(31)36(34-17-9-7-15-32(34)35)30-23-20-26-12-4-5-13-29(26)24-30/h1-38H;1-34H;1-24H/b18-17+;;. The summed E-state index contributed by atoms with van der Waals surface area (Å²) >= 11 is 0. The normalized spacial score (nSPS) is 11.5. The molecular formula is C143H96N4. The Morgan fingerprint density at radius 1 is 0.156 bits per heavy atom. The lowest BCUT2D eigenvalue weighted by Gasteiger charge is -2.26. The highest BCUT2D eigenvalue weighted by Gasteiger charge is 2.24. The van der Waals surface area contributed by atoms with Crippen molar-refractivity contribution in [2.45, 2.75) is 0 Å². The third kappa shape index (κ3) is 17.1. The summed E-state index contributed by atoms with van der Waals surface area (Å²) in [4.78, 5) is 9.86. The van der Waals surface area contributed by atoms with Crippen molar-refractivity contribution in [3.8, 4) is 83.8 Å². The highest BCUT2D eigenvalue weighted by atomic mass is 15.1. The number of hydrogen-bond donors (Lipinski definition) is 0. The van der Waals surface area contributed by atoms with Gasteiger partial charge in [0.05, 0.1) is 11.0 Å². The lowest BCUT2D eigenvalue weighted by Crippen LogP contribution is -2.10. The van der Waals surface area contributed by atoms with Crippen molar-refractivity contribution >= 4 is 176 Å². The summed E-state index contributed by atoms with van der Waals surface area (Å²) in [7, 11) is 0. The van der Waals surface area contributed by atoms with E-state index in [4.69, 9.17) is 4.98 Å². The highest BCUT2D eigenvalue weighted by molar-refractivity contribution is 6.23. The Balaban J connectivity index is 0.000000115. The van der Waals surface area contributed by atoms with Crippen molar-refractivity contribution < 1.29 is 0 Å². The molecule has 0 radical (unpaired) electrons. The second kappa shape index (κ2) is 38.6. The Hall–Kier alpha value is -19.4. The molecule has 0 amide bonds. The second-order valence-electron chi connectivity index (χ2n) is 38.0. The first kappa shape index (κ1) is 87.8. The fraction of sp³-hybridized carbons (Fsp3) is 0. The molecule has 28 rings (SSSR count). The van der Waals surface area contributed by atoms with E-state index in [1.807, 2.05) is 0 Å². The maximum atomic E-state index is 5.16. The molecule has 28 aromatic rings. The van der Waals surface area contributed by atoms with Crippen LogP contribution in [0.15, 0.2) is 570 Å². The highest BCUT2D eigenvalue weighted by Crippen LogP contribution is 2.49. The zero-order valence-corrected chi connectivity index (χ0v) is 80.7. The van der Waals surface area contributed by atoms with Gasteiger partial charge in [-0.15, -0.1) is 0 Å². The smallest absolute Gasteiger partial charge is 0.145 e. The monoisotopic (exact) mass is 1870 g/mol. The molecule has 1 heterocycles. The van der Waals surface area contributed by atoms with Crippen molar-refractivity contribution in [2.75, 3.05) is 9.80 Å². The van der Waals surface area contributed by atoms with Gasteiger partial charge < -0.3 is 9.80 Å². The molecule has 1 aromatic heterocycles. The number of aromatic nitrogens is 2. The van der Waals surface area contributed by atoms with Crippen LogP contribution in [-0.2, 0) is 0 Å². The van der Waals surface area contributed by atoms with E-state index in [0.29, 0.717) is 0 Å². The fourth-order valence-corrected chi connectivity index (χ4v) is 21.9. The molecule has 0 atom stereocenters. The molecule has 0 saturated heterocycles. The summed E-state index contributed by atoms with van der Waals surface area (Å²) in [5.74, 6) is 0.937. The van der Waals surface area contributed by atoms with Gasteiger partial charge in [0.2, 0.25) is 0 Å². The van der Waals surface area contributed by atoms with Crippen LogP contribution >= 0.6 is 0 Å². The van der Waals surface area contributed by atoms with Crippen LogP contribution < -0.4 is 9.80 Å². The Morgan fingerprint density at radius 2 is 0.388 bits per heavy atom. The van der Waals surface area contributed by atoms with Crippen LogP contribution in [0.1, 0.15) is 11.1 Å². The average Bonchev–Trinajstić information content (AvgIpc) is 1.72. The summed E-state index contributed by atoms with van der Waals surface area (Å²) in [6, 6.07) is 206. The van der Waals surface area contributed by atoms with Crippen molar-refractivity contribution in [3.63, 3.8) is 0 Å². The summed E-state index contributed by atoms with van der Waals surface area (Å²) < 4.78 is 2.30. The number of nitrogens with zero attached hydrogens (tertiary/aromatic N) is 4. The number of hydrogen-bond acceptors (Lipinski definition) is 3. The van der Waals surface area contributed by atoms with Gasteiger partial charge in [-0.05, 0) is 312 Å². The van der Waals surface area contributed by atoms with Crippen molar-refractivity contribution in [1.29, 1.82) is 0 Å². The van der Waals surface area contributed by atoms with Gasteiger partial charge in [-0.3, -0.25) is 4.57 Å². The van der Waals surface area contributed by atoms with Gasteiger partial charge in [-0.2, -0.15) is 0 Å². The first-order valence-corrected chi connectivity index (χ1v) is 50.5. The van der Waals surface area contributed by atoms with Gasteiger partial charge in [0.15, 0.2) is 0 Å². The van der Waals surface area contributed by atoms with E-state index >= 15 is 0 Å². The minimum absolute atomic E-state index is 0.937. The molecule has 0 aliphatic rings. The molecule has 4 heteroatoms. The Labute approximate surface area is 854 Å². The number of para-hydroxylation sites is 2. The summed E-state index contributed by atoms with van der Waals surface area (Å²) in [5, 5.41) is 27.4. The number of imidazole rings is 1. The van der Waals surface area contributed by atoms with Gasteiger partial charge in [0, 0.05) is 45.4 Å². The minimum Gasteiger partial charge on any atom is -0.310 e. The third-order valence-electron chi connectivity index (χ3n) is 29.2. The van der Waals surface area contributed by atoms with E-state index in [1.165, 1.54) is 185 Å². The fourth-order valence-electron chi connectivity index (χ4n) is 21.9. The molecule has 0 saturated carbocycles. The maximum Gasteiger partial charge on any atom is 0.145 e. The van der Waals surface area contributed by atoms with Crippen LogP contribution in [0.3, 0.4) is 0 Å². The summed E-state index contributed by atoms with van der Waals surface area (Å²) in [5.41, 5.74) is 28.2. The van der Waals surface area contributed by atoms with Gasteiger partial charge >= 0.3 is 0 Å². The van der Waals surface area contributed by atoms with Gasteiger partial charge in [0.1, 0.15) is 5.82 Å².